The molecule has 0 bridgehead atoms. The van der Waals surface area contributed by atoms with Crippen molar-refractivity contribution in [2.75, 3.05) is 37.6 Å². The number of hydrogen-bond donors (Lipinski definition) is 1. The Morgan fingerprint density at radius 1 is 1.21 bits per heavy atom. The molecule has 1 heterocycles. The van der Waals surface area contributed by atoms with Crippen LogP contribution in [0.5, 0.6) is 0 Å². The summed E-state index contributed by atoms with van der Waals surface area (Å²) in [6, 6.07) is 7.68. The van der Waals surface area contributed by atoms with Crippen LogP contribution in [0.1, 0.15) is 20.8 Å². The minimum atomic E-state index is -0.576. The summed E-state index contributed by atoms with van der Waals surface area (Å²) in [7, 11) is 0. The number of halogens is 1. The molecule has 24 heavy (non-hydrogen) atoms. The lowest BCUT2D eigenvalue weighted by atomic mass is 10.2. The van der Waals surface area contributed by atoms with Gasteiger partial charge in [-0.3, -0.25) is 4.79 Å². The van der Waals surface area contributed by atoms with Gasteiger partial charge >= 0.3 is 6.09 Å². The molecule has 0 aliphatic carbocycles. The molecule has 1 saturated heterocycles. The van der Waals surface area contributed by atoms with Crippen molar-refractivity contribution in [3.8, 4) is 0 Å². The lowest BCUT2D eigenvalue weighted by Gasteiger charge is -2.36. The molecule has 2 amide bonds. The summed E-state index contributed by atoms with van der Waals surface area (Å²) in [4.78, 5) is 27.7. The number of carbonyl (C=O) groups is 2. The molecule has 1 aliphatic heterocycles. The van der Waals surface area contributed by atoms with E-state index in [-0.39, 0.29) is 12.5 Å². The zero-order valence-corrected chi connectivity index (χ0v) is 15.1. The first-order valence-electron chi connectivity index (χ1n) is 8.00. The number of hydrogen-bond acceptors (Lipinski definition) is 4. The highest BCUT2D eigenvalue weighted by Gasteiger charge is 2.22. The van der Waals surface area contributed by atoms with Crippen molar-refractivity contribution in [2.45, 2.75) is 26.4 Å². The van der Waals surface area contributed by atoms with Crippen LogP contribution in [0.25, 0.3) is 0 Å². The molecule has 6 nitrogen and oxygen atoms in total. The van der Waals surface area contributed by atoms with Crippen LogP contribution in [0.4, 0.5) is 10.5 Å². The van der Waals surface area contributed by atoms with Crippen LogP contribution >= 0.6 is 11.6 Å². The van der Waals surface area contributed by atoms with E-state index >= 15 is 0 Å². The molecule has 1 N–H and O–H groups in total. The van der Waals surface area contributed by atoms with Gasteiger partial charge in [0.15, 0.2) is 0 Å². The number of anilines is 1. The lowest BCUT2D eigenvalue weighted by molar-refractivity contribution is -0.130. The molecule has 2 rings (SSSR count). The Kier molecular flexibility index (Phi) is 5.94. The van der Waals surface area contributed by atoms with Crippen LogP contribution in [0.2, 0.25) is 5.02 Å². The third-order valence-corrected chi connectivity index (χ3v) is 3.82. The summed E-state index contributed by atoms with van der Waals surface area (Å²) >= 11 is 6.02. The first-order valence-corrected chi connectivity index (χ1v) is 8.37. The van der Waals surface area contributed by atoms with Crippen molar-refractivity contribution in [3.63, 3.8) is 0 Å². The third-order valence-electron chi connectivity index (χ3n) is 3.59. The number of nitrogens with zero attached hydrogens (tertiary/aromatic N) is 2. The minimum absolute atomic E-state index is 0.0495. The Hall–Kier alpha value is -1.95. The SMILES string of the molecule is CC(C)(C)OC(=O)NCC(=O)N1CCN(c2cccc(Cl)c2)CC1. The Bertz CT molecular complexity index is 593. The van der Waals surface area contributed by atoms with Crippen molar-refractivity contribution in [3.05, 3.63) is 29.3 Å². The Morgan fingerprint density at radius 3 is 2.46 bits per heavy atom. The number of benzene rings is 1. The van der Waals surface area contributed by atoms with Crippen LogP contribution in [0, 0.1) is 0 Å². The molecule has 7 heteroatoms. The average Bonchev–Trinajstić information content (AvgIpc) is 2.51. The van der Waals surface area contributed by atoms with Crippen LogP contribution in [-0.4, -0.2) is 55.2 Å². The predicted molar refractivity (Wildman–Crippen MR) is 94.5 cm³/mol. The monoisotopic (exact) mass is 353 g/mol. The number of nitrogens with one attached hydrogen (secondary N) is 1. The van der Waals surface area contributed by atoms with Crippen molar-refractivity contribution in [2.24, 2.45) is 0 Å². The maximum absolute atomic E-state index is 12.2. The molecule has 0 saturated carbocycles. The van der Waals surface area contributed by atoms with Gasteiger partial charge in [0.2, 0.25) is 5.91 Å². The van der Waals surface area contributed by atoms with Gasteiger partial charge in [-0.25, -0.2) is 4.79 Å². The number of carbonyl (C=O) groups excluding carboxylic acids is 2. The highest BCUT2D eigenvalue weighted by Crippen LogP contribution is 2.20. The maximum atomic E-state index is 12.2. The van der Waals surface area contributed by atoms with Crippen LogP contribution < -0.4 is 10.2 Å². The average molecular weight is 354 g/mol. The topological polar surface area (TPSA) is 61.9 Å². The highest BCUT2D eigenvalue weighted by molar-refractivity contribution is 6.30. The molecular formula is C17H24ClN3O3. The second-order valence-electron chi connectivity index (χ2n) is 6.70. The van der Waals surface area contributed by atoms with Gasteiger partial charge in [-0.2, -0.15) is 0 Å². The van der Waals surface area contributed by atoms with Crippen molar-refractivity contribution in [1.82, 2.24) is 10.2 Å². The number of alkyl carbamates (subject to hydrolysis) is 1. The maximum Gasteiger partial charge on any atom is 0.408 e. The van der Waals surface area contributed by atoms with Crippen LogP contribution in [0.3, 0.4) is 0 Å². The molecule has 1 aliphatic rings. The third kappa shape index (κ3) is 5.60. The second-order valence-corrected chi connectivity index (χ2v) is 7.14. The number of rotatable bonds is 3. The van der Waals surface area contributed by atoms with Crippen LogP contribution in [0.15, 0.2) is 24.3 Å². The van der Waals surface area contributed by atoms with E-state index in [0.29, 0.717) is 18.1 Å². The summed E-state index contributed by atoms with van der Waals surface area (Å²) < 4.78 is 5.12. The smallest absolute Gasteiger partial charge is 0.408 e. The Labute approximate surface area is 147 Å². The first kappa shape index (κ1) is 18.4. The fourth-order valence-corrected chi connectivity index (χ4v) is 2.65. The Balaban J connectivity index is 1.77. The largest absolute Gasteiger partial charge is 0.444 e. The quantitative estimate of drug-likeness (QED) is 0.907. The van der Waals surface area contributed by atoms with Crippen molar-refractivity contribution in [1.29, 1.82) is 0 Å². The first-order chi connectivity index (χ1) is 11.2. The van der Waals surface area contributed by atoms with Gasteiger partial charge < -0.3 is 19.9 Å². The zero-order valence-electron chi connectivity index (χ0n) is 14.3. The predicted octanol–water partition coefficient (Wildman–Crippen LogP) is 2.51. The molecule has 0 spiro atoms. The van der Waals surface area contributed by atoms with E-state index in [9.17, 15) is 9.59 Å². The molecule has 0 radical (unpaired) electrons. The zero-order chi connectivity index (χ0) is 17.7. The highest BCUT2D eigenvalue weighted by atomic mass is 35.5. The van der Waals surface area contributed by atoms with Gasteiger partial charge in [0.1, 0.15) is 12.1 Å². The molecule has 132 valence electrons. The van der Waals surface area contributed by atoms with Crippen molar-refractivity contribution < 1.29 is 14.3 Å². The summed E-state index contributed by atoms with van der Waals surface area (Å²) in [5.74, 6) is -0.105. The van der Waals surface area contributed by atoms with E-state index in [0.717, 1.165) is 18.8 Å². The van der Waals surface area contributed by atoms with E-state index in [1.165, 1.54) is 0 Å². The molecule has 1 aromatic carbocycles. The molecule has 0 aromatic heterocycles. The normalized spacial score (nSPS) is 15.2. The van der Waals surface area contributed by atoms with Gasteiger partial charge in [-0.05, 0) is 39.0 Å². The minimum Gasteiger partial charge on any atom is -0.444 e. The number of piperazine rings is 1. The number of ether oxygens (including phenoxy) is 1. The molecule has 0 atom stereocenters. The van der Waals surface area contributed by atoms with E-state index in [4.69, 9.17) is 16.3 Å². The van der Waals surface area contributed by atoms with E-state index in [2.05, 4.69) is 10.2 Å². The Morgan fingerprint density at radius 2 is 1.88 bits per heavy atom. The summed E-state index contributed by atoms with van der Waals surface area (Å²) in [5.41, 5.74) is 0.483. The van der Waals surface area contributed by atoms with E-state index in [1.807, 2.05) is 24.3 Å². The fraction of sp³-hybridized carbons (Fsp3) is 0.529. The molecular weight excluding hydrogens is 330 g/mol. The lowest BCUT2D eigenvalue weighted by Crippen LogP contribution is -2.51. The van der Waals surface area contributed by atoms with Gasteiger partial charge in [0, 0.05) is 36.9 Å². The standard InChI is InChI=1S/C17H24ClN3O3/c1-17(2,3)24-16(23)19-12-15(22)21-9-7-20(8-10-21)14-6-4-5-13(18)11-14/h4-6,11H,7-10,12H2,1-3H3,(H,19,23). The van der Waals surface area contributed by atoms with Crippen LogP contribution in [-0.2, 0) is 9.53 Å². The van der Waals surface area contributed by atoms with Gasteiger partial charge in [0.05, 0.1) is 0 Å². The van der Waals surface area contributed by atoms with Gasteiger partial charge in [0.25, 0.3) is 0 Å². The van der Waals surface area contributed by atoms with Gasteiger partial charge in [-0.15, -0.1) is 0 Å². The van der Waals surface area contributed by atoms with E-state index < -0.39 is 11.7 Å². The molecule has 1 fully saturated rings. The summed E-state index contributed by atoms with van der Waals surface area (Å²) in [5, 5.41) is 3.20. The van der Waals surface area contributed by atoms with Gasteiger partial charge in [-0.1, -0.05) is 17.7 Å². The summed E-state index contributed by atoms with van der Waals surface area (Å²) in [6.07, 6.45) is -0.576. The second kappa shape index (κ2) is 7.75. The molecule has 1 aromatic rings. The summed E-state index contributed by atoms with van der Waals surface area (Å²) in [6.45, 7) is 7.99. The molecule has 0 unspecified atom stereocenters. The fourth-order valence-electron chi connectivity index (χ4n) is 2.46. The van der Waals surface area contributed by atoms with Crippen molar-refractivity contribution >= 4 is 29.3 Å². The number of amides is 2. The van der Waals surface area contributed by atoms with E-state index in [1.54, 1.807) is 25.7 Å².